The minimum absolute atomic E-state index is 0.162. The molecule has 3 heterocycles. The molecule has 1 aliphatic rings. The third-order valence-corrected chi connectivity index (χ3v) is 5.55. The van der Waals surface area contributed by atoms with Crippen molar-refractivity contribution in [3.8, 4) is 5.75 Å². The van der Waals surface area contributed by atoms with Gasteiger partial charge in [-0.1, -0.05) is 6.07 Å². The van der Waals surface area contributed by atoms with Crippen LogP contribution in [0.4, 0.5) is 17.3 Å². The molecule has 0 radical (unpaired) electrons. The summed E-state index contributed by atoms with van der Waals surface area (Å²) >= 11 is 1.40. The average Bonchev–Trinajstić information content (AvgIpc) is 3.30. The van der Waals surface area contributed by atoms with Crippen molar-refractivity contribution in [3.05, 3.63) is 58.8 Å². The quantitative estimate of drug-likeness (QED) is 0.716. The molecule has 1 fully saturated rings. The van der Waals surface area contributed by atoms with Crippen molar-refractivity contribution in [2.75, 3.05) is 48.4 Å². The lowest BCUT2D eigenvalue weighted by atomic mass is 10.2. The van der Waals surface area contributed by atoms with Crippen LogP contribution in [0.1, 0.15) is 9.67 Å². The summed E-state index contributed by atoms with van der Waals surface area (Å²) in [6.07, 6.45) is 0. The summed E-state index contributed by atoms with van der Waals surface area (Å²) in [5.41, 5.74) is 1.19. The summed E-state index contributed by atoms with van der Waals surface area (Å²) in [4.78, 5) is 17.3. The zero-order valence-electron chi connectivity index (χ0n) is 15.5. The zero-order chi connectivity index (χ0) is 19.3. The number of anilines is 3. The number of amides is 1. The van der Waals surface area contributed by atoms with Crippen LogP contribution < -0.4 is 19.9 Å². The molecule has 4 rings (SSSR count). The molecule has 1 aromatic carbocycles. The number of carbonyl (C=O) groups is 1. The van der Waals surface area contributed by atoms with Crippen molar-refractivity contribution in [2.24, 2.45) is 0 Å². The number of methoxy groups -OCH3 is 1. The van der Waals surface area contributed by atoms with Gasteiger partial charge in [0.2, 0.25) is 0 Å². The lowest BCUT2D eigenvalue weighted by molar-refractivity contribution is 0.103. The minimum Gasteiger partial charge on any atom is -0.497 e. The van der Waals surface area contributed by atoms with Crippen molar-refractivity contribution < 1.29 is 9.53 Å². The third-order valence-electron chi connectivity index (χ3n) is 4.68. The Bertz CT molecular complexity index is 905. The first-order valence-electron chi connectivity index (χ1n) is 9.05. The fraction of sp³-hybridized carbons (Fsp3) is 0.250. The van der Waals surface area contributed by atoms with Crippen LogP contribution in [0.3, 0.4) is 0 Å². The number of hydrogen-bond donors (Lipinski definition) is 1. The number of benzene rings is 1. The van der Waals surface area contributed by atoms with Gasteiger partial charge < -0.3 is 19.9 Å². The van der Waals surface area contributed by atoms with E-state index in [4.69, 9.17) is 4.74 Å². The normalized spacial score (nSPS) is 14.0. The Kier molecular flexibility index (Phi) is 5.38. The monoisotopic (exact) mass is 395 g/mol. The first-order valence-corrected chi connectivity index (χ1v) is 9.93. The standard InChI is InChI=1S/C20H21N5O2S/c1-27-16-6-4-15(5-7-16)24-10-12-25(13-11-24)19-9-8-18(22-23-19)21-20(26)17-3-2-14-28-17/h2-9,14H,10-13H2,1H3,(H,21,22,26). The SMILES string of the molecule is COc1ccc(N2CCN(c3ccc(NC(=O)c4cccs4)nn3)CC2)cc1. The van der Waals surface area contributed by atoms with E-state index in [0.29, 0.717) is 10.7 Å². The van der Waals surface area contributed by atoms with Crippen LogP contribution in [0.2, 0.25) is 0 Å². The number of rotatable bonds is 5. The number of nitrogens with zero attached hydrogens (tertiary/aromatic N) is 4. The summed E-state index contributed by atoms with van der Waals surface area (Å²) in [7, 11) is 1.67. The van der Waals surface area contributed by atoms with Crippen molar-refractivity contribution >= 4 is 34.6 Å². The van der Waals surface area contributed by atoms with E-state index in [1.54, 1.807) is 19.2 Å². The van der Waals surface area contributed by atoms with Crippen LogP contribution in [0.25, 0.3) is 0 Å². The zero-order valence-corrected chi connectivity index (χ0v) is 16.4. The highest BCUT2D eigenvalue weighted by atomic mass is 32.1. The molecule has 1 N–H and O–H groups in total. The van der Waals surface area contributed by atoms with Crippen molar-refractivity contribution in [1.82, 2.24) is 10.2 Å². The molecule has 0 atom stereocenters. The first kappa shape index (κ1) is 18.2. The van der Waals surface area contributed by atoms with E-state index in [9.17, 15) is 4.79 Å². The summed E-state index contributed by atoms with van der Waals surface area (Å²) in [5, 5.41) is 13.1. The van der Waals surface area contributed by atoms with Crippen LogP contribution in [0.15, 0.2) is 53.9 Å². The van der Waals surface area contributed by atoms with E-state index in [-0.39, 0.29) is 5.91 Å². The van der Waals surface area contributed by atoms with Crippen LogP contribution in [-0.4, -0.2) is 49.4 Å². The molecule has 2 aromatic heterocycles. The van der Waals surface area contributed by atoms with Gasteiger partial charge in [-0.3, -0.25) is 4.79 Å². The number of nitrogens with one attached hydrogen (secondary N) is 1. The molecule has 28 heavy (non-hydrogen) atoms. The molecule has 7 nitrogen and oxygen atoms in total. The van der Waals surface area contributed by atoms with Crippen LogP contribution in [0, 0.1) is 0 Å². The number of aromatic nitrogens is 2. The Morgan fingerprint density at radius 2 is 1.75 bits per heavy atom. The highest BCUT2D eigenvalue weighted by molar-refractivity contribution is 7.12. The van der Waals surface area contributed by atoms with Gasteiger partial charge >= 0.3 is 0 Å². The van der Waals surface area contributed by atoms with Gasteiger partial charge in [-0.2, -0.15) is 0 Å². The van der Waals surface area contributed by atoms with Crippen molar-refractivity contribution in [2.45, 2.75) is 0 Å². The second kappa shape index (κ2) is 8.26. The molecule has 8 heteroatoms. The van der Waals surface area contributed by atoms with E-state index in [2.05, 4.69) is 37.4 Å². The number of hydrogen-bond acceptors (Lipinski definition) is 7. The fourth-order valence-corrected chi connectivity index (χ4v) is 3.75. The number of ether oxygens (including phenoxy) is 1. The molecule has 0 aliphatic carbocycles. The van der Waals surface area contributed by atoms with Gasteiger partial charge in [0.05, 0.1) is 12.0 Å². The number of carbonyl (C=O) groups excluding carboxylic acids is 1. The Morgan fingerprint density at radius 3 is 2.36 bits per heavy atom. The highest BCUT2D eigenvalue weighted by Gasteiger charge is 2.19. The second-order valence-corrected chi connectivity index (χ2v) is 7.33. The Balaban J connectivity index is 1.33. The van der Waals surface area contributed by atoms with Crippen LogP contribution >= 0.6 is 11.3 Å². The van der Waals surface area contributed by atoms with Crippen molar-refractivity contribution in [1.29, 1.82) is 0 Å². The van der Waals surface area contributed by atoms with E-state index in [1.807, 2.05) is 29.6 Å². The second-order valence-electron chi connectivity index (χ2n) is 6.38. The first-order chi connectivity index (χ1) is 13.7. The number of piperazine rings is 1. The minimum atomic E-state index is -0.162. The fourth-order valence-electron chi connectivity index (χ4n) is 3.13. The molecule has 1 amide bonds. The molecule has 0 bridgehead atoms. The average molecular weight is 395 g/mol. The summed E-state index contributed by atoms with van der Waals surface area (Å²) in [6, 6.07) is 15.5. The van der Waals surface area contributed by atoms with Crippen LogP contribution in [-0.2, 0) is 0 Å². The van der Waals surface area contributed by atoms with Gasteiger partial charge in [-0.15, -0.1) is 21.5 Å². The van der Waals surface area contributed by atoms with E-state index >= 15 is 0 Å². The maximum atomic E-state index is 12.1. The topological polar surface area (TPSA) is 70.6 Å². The largest absolute Gasteiger partial charge is 0.497 e. The Hall–Kier alpha value is -3.13. The van der Waals surface area contributed by atoms with Gasteiger partial charge in [0, 0.05) is 31.9 Å². The van der Waals surface area contributed by atoms with E-state index in [1.165, 1.54) is 17.0 Å². The predicted molar refractivity (Wildman–Crippen MR) is 112 cm³/mol. The maximum Gasteiger partial charge on any atom is 0.266 e. The smallest absolute Gasteiger partial charge is 0.266 e. The Morgan fingerprint density at radius 1 is 1.00 bits per heavy atom. The summed E-state index contributed by atoms with van der Waals surface area (Å²) in [5.74, 6) is 1.98. The number of thiophene rings is 1. The summed E-state index contributed by atoms with van der Waals surface area (Å²) in [6.45, 7) is 3.54. The van der Waals surface area contributed by atoms with Gasteiger partial charge in [-0.05, 0) is 47.8 Å². The highest BCUT2D eigenvalue weighted by Crippen LogP contribution is 2.22. The molecular weight excluding hydrogens is 374 g/mol. The molecule has 1 aliphatic heterocycles. The van der Waals surface area contributed by atoms with Crippen LogP contribution in [0.5, 0.6) is 5.75 Å². The molecular formula is C20H21N5O2S. The van der Waals surface area contributed by atoms with Gasteiger partial charge in [0.1, 0.15) is 5.75 Å². The molecule has 0 saturated carbocycles. The lowest BCUT2D eigenvalue weighted by Gasteiger charge is -2.36. The van der Waals surface area contributed by atoms with Crippen molar-refractivity contribution in [3.63, 3.8) is 0 Å². The van der Waals surface area contributed by atoms with E-state index in [0.717, 1.165) is 37.7 Å². The van der Waals surface area contributed by atoms with E-state index < -0.39 is 0 Å². The predicted octanol–water partition coefficient (Wildman–Crippen LogP) is 3.13. The molecule has 1 saturated heterocycles. The maximum absolute atomic E-state index is 12.1. The van der Waals surface area contributed by atoms with Gasteiger partial charge in [0.15, 0.2) is 11.6 Å². The molecule has 0 unspecified atom stereocenters. The Labute approximate surface area is 167 Å². The molecule has 144 valence electrons. The summed E-state index contributed by atoms with van der Waals surface area (Å²) < 4.78 is 5.22. The third kappa shape index (κ3) is 4.07. The molecule has 0 spiro atoms. The van der Waals surface area contributed by atoms with Gasteiger partial charge in [0.25, 0.3) is 5.91 Å². The van der Waals surface area contributed by atoms with Gasteiger partial charge in [-0.25, -0.2) is 0 Å². The lowest BCUT2D eigenvalue weighted by Crippen LogP contribution is -2.46. The molecule has 3 aromatic rings.